The van der Waals surface area contributed by atoms with Crippen LogP contribution in [0.4, 0.5) is 5.69 Å². The quantitative estimate of drug-likeness (QED) is 0.542. The summed E-state index contributed by atoms with van der Waals surface area (Å²) in [6.07, 6.45) is 0.105. The van der Waals surface area contributed by atoms with Crippen molar-refractivity contribution in [3.8, 4) is 17.6 Å². The Kier molecular flexibility index (Phi) is 6.12. The molecule has 7 heteroatoms. The normalized spacial score (nSPS) is 15.8. The van der Waals surface area contributed by atoms with Gasteiger partial charge in [-0.05, 0) is 36.4 Å². The summed E-state index contributed by atoms with van der Waals surface area (Å²) in [6, 6.07) is 15.9. The number of hydrogen-bond donors (Lipinski definition) is 0. The van der Waals surface area contributed by atoms with Crippen LogP contribution in [0.15, 0.2) is 48.5 Å². The third-order valence-corrected chi connectivity index (χ3v) is 4.41. The monoisotopic (exact) mass is 380 g/mol. The van der Waals surface area contributed by atoms with Crippen LogP contribution in [0.3, 0.4) is 0 Å². The lowest BCUT2D eigenvalue weighted by atomic mass is 10.1. The summed E-state index contributed by atoms with van der Waals surface area (Å²) < 4.78 is 16.0. The molecule has 0 radical (unpaired) electrons. The van der Waals surface area contributed by atoms with Crippen molar-refractivity contribution in [3.63, 3.8) is 0 Å². The molecule has 7 nitrogen and oxygen atoms in total. The SMILES string of the molecule is COc1ccccc1N1C[C@@H](C(=O)OCCOc2ccc(C#N)cc2)CC1=O. The van der Waals surface area contributed by atoms with E-state index in [0.29, 0.717) is 22.7 Å². The zero-order valence-corrected chi connectivity index (χ0v) is 15.5. The molecule has 2 aromatic carbocycles. The van der Waals surface area contributed by atoms with Gasteiger partial charge in [0.15, 0.2) is 0 Å². The molecule has 0 unspecified atom stereocenters. The summed E-state index contributed by atoms with van der Waals surface area (Å²) >= 11 is 0. The van der Waals surface area contributed by atoms with Crippen molar-refractivity contribution in [1.82, 2.24) is 0 Å². The van der Waals surface area contributed by atoms with Crippen LogP contribution in [-0.2, 0) is 14.3 Å². The maximum atomic E-state index is 12.3. The van der Waals surface area contributed by atoms with Crippen molar-refractivity contribution in [2.24, 2.45) is 5.92 Å². The Morgan fingerprint density at radius 2 is 1.93 bits per heavy atom. The fourth-order valence-corrected chi connectivity index (χ4v) is 3.00. The Morgan fingerprint density at radius 1 is 1.18 bits per heavy atom. The molecule has 1 aliphatic rings. The van der Waals surface area contributed by atoms with E-state index in [1.54, 1.807) is 48.4 Å². The van der Waals surface area contributed by atoms with Gasteiger partial charge >= 0.3 is 5.97 Å². The van der Waals surface area contributed by atoms with Gasteiger partial charge in [0.2, 0.25) is 5.91 Å². The van der Waals surface area contributed by atoms with E-state index in [1.807, 2.05) is 18.2 Å². The van der Waals surface area contributed by atoms with Crippen molar-refractivity contribution >= 4 is 17.6 Å². The van der Waals surface area contributed by atoms with Gasteiger partial charge in [0.1, 0.15) is 24.7 Å². The number of anilines is 1. The second-order valence-electron chi connectivity index (χ2n) is 6.23. The molecule has 144 valence electrons. The fraction of sp³-hybridized carbons (Fsp3) is 0.286. The number of nitrogens with zero attached hydrogens (tertiary/aromatic N) is 2. The van der Waals surface area contributed by atoms with Crippen molar-refractivity contribution in [2.75, 3.05) is 31.8 Å². The van der Waals surface area contributed by atoms with Crippen molar-refractivity contribution < 1.29 is 23.8 Å². The molecule has 0 spiro atoms. The lowest BCUT2D eigenvalue weighted by molar-refractivity contribution is -0.149. The Balaban J connectivity index is 1.48. The van der Waals surface area contributed by atoms with Crippen LogP contribution in [0.2, 0.25) is 0 Å². The Labute approximate surface area is 163 Å². The third-order valence-electron chi connectivity index (χ3n) is 4.41. The predicted molar refractivity (Wildman–Crippen MR) is 101 cm³/mol. The van der Waals surface area contributed by atoms with E-state index in [1.165, 1.54) is 0 Å². The number of amides is 1. The minimum atomic E-state index is -0.521. The molecular weight excluding hydrogens is 360 g/mol. The van der Waals surface area contributed by atoms with Gasteiger partial charge < -0.3 is 19.1 Å². The minimum Gasteiger partial charge on any atom is -0.495 e. The highest BCUT2D eigenvalue weighted by Gasteiger charge is 2.37. The second kappa shape index (κ2) is 8.91. The zero-order chi connectivity index (χ0) is 19.9. The van der Waals surface area contributed by atoms with Crippen LogP contribution in [0, 0.1) is 17.2 Å². The Morgan fingerprint density at radius 3 is 2.64 bits per heavy atom. The highest BCUT2D eigenvalue weighted by Crippen LogP contribution is 2.33. The van der Waals surface area contributed by atoms with Gasteiger partial charge in [-0.1, -0.05) is 12.1 Å². The first-order chi connectivity index (χ1) is 13.6. The fourth-order valence-electron chi connectivity index (χ4n) is 3.00. The molecular formula is C21H20N2O5. The summed E-state index contributed by atoms with van der Waals surface area (Å²) in [5.41, 5.74) is 1.19. The van der Waals surface area contributed by atoms with Gasteiger partial charge in [0.25, 0.3) is 0 Å². The Hall–Kier alpha value is -3.53. The van der Waals surface area contributed by atoms with Gasteiger partial charge in [-0.25, -0.2) is 0 Å². The predicted octanol–water partition coefficient (Wildman–Crippen LogP) is 2.54. The number of ether oxygens (including phenoxy) is 3. The van der Waals surface area contributed by atoms with Crippen molar-refractivity contribution in [3.05, 3.63) is 54.1 Å². The topological polar surface area (TPSA) is 88.9 Å². The van der Waals surface area contributed by atoms with Crippen LogP contribution < -0.4 is 14.4 Å². The number of rotatable bonds is 7. The molecule has 1 saturated heterocycles. The lowest BCUT2D eigenvalue weighted by Gasteiger charge is -2.19. The molecule has 0 saturated carbocycles. The van der Waals surface area contributed by atoms with Gasteiger partial charge in [-0.2, -0.15) is 5.26 Å². The Bertz CT molecular complexity index is 888. The molecule has 3 rings (SSSR count). The highest BCUT2D eigenvalue weighted by molar-refractivity contribution is 6.00. The number of hydrogen-bond acceptors (Lipinski definition) is 6. The zero-order valence-electron chi connectivity index (χ0n) is 15.5. The van der Waals surface area contributed by atoms with Crippen molar-refractivity contribution in [1.29, 1.82) is 5.26 Å². The summed E-state index contributed by atoms with van der Waals surface area (Å²) in [6.45, 7) is 0.529. The smallest absolute Gasteiger partial charge is 0.311 e. The average Bonchev–Trinajstić information content (AvgIpc) is 3.13. The van der Waals surface area contributed by atoms with E-state index in [2.05, 4.69) is 0 Å². The van der Waals surface area contributed by atoms with E-state index in [4.69, 9.17) is 19.5 Å². The second-order valence-corrected chi connectivity index (χ2v) is 6.23. The average molecular weight is 380 g/mol. The van der Waals surface area contributed by atoms with Crippen LogP contribution >= 0.6 is 0 Å². The van der Waals surface area contributed by atoms with E-state index in [0.717, 1.165) is 0 Å². The molecule has 1 amide bonds. The molecule has 0 aliphatic carbocycles. The summed E-state index contributed by atoms with van der Waals surface area (Å²) in [4.78, 5) is 26.2. The number of benzene rings is 2. The molecule has 0 aromatic heterocycles. The molecule has 0 N–H and O–H groups in total. The van der Waals surface area contributed by atoms with Crippen LogP contribution in [0.25, 0.3) is 0 Å². The highest BCUT2D eigenvalue weighted by atomic mass is 16.6. The van der Waals surface area contributed by atoms with Crippen LogP contribution in [-0.4, -0.2) is 38.7 Å². The van der Waals surface area contributed by atoms with Gasteiger partial charge in [-0.3, -0.25) is 9.59 Å². The molecule has 1 atom stereocenters. The molecule has 0 bridgehead atoms. The first-order valence-corrected chi connectivity index (χ1v) is 8.85. The summed E-state index contributed by atoms with van der Waals surface area (Å²) in [5, 5.41) is 8.76. The molecule has 1 aliphatic heterocycles. The minimum absolute atomic E-state index is 0.0815. The van der Waals surface area contributed by atoms with Crippen LogP contribution in [0.1, 0.15) is 12.0 Å². The number of methoxy groups -OCH3 is 1. The number of esters is 1. The molecule has 2 aromatic rings. The third kappa shape index (κ3) is 4.41. The number of para-hydroxylation sites is 2. The van der Waals surface area contributed by atoms with Gasteiger partial charge in [0.05, 0.1) is 30.3 Å². The van der Waals surface area contributed by atoms with Gasteiger partial charge in [-0.15, -0.1) is 0 Å². The number of carbonyl (C=O) groups is 2. The van der Waals surface area contributed by atoms with E-state index in [9.17, 15) is 9.59 Å². The summed E-state index contributed by atoms with van der Waals surface area (Å²) in [7, 11) is 1.54. The van der Waals surface area contributed by atoms with Gasteiger partial charge in [0, 0.05) is 13.0 Å². The maximum absolute atomic E-state index is 12.3. The van der Waals surface area contributed by atoms with E-state index >= 15 is 0 Å². The number of nitriles is 1. The standard InChI is InChI=1S/C21H20N2O5/c1-26-19-5-3-2-4-18(19)23-14-16(12-20(23)24)21(25)28-11-10-27-17-8-6-15(13-22)7-9-17/h2-9,16H,10-12,14H2,1H3/t16-/m0/s1. The molecule has 28 heavy (non-hydrogen) atoms. The summed E-state index contributed by atoms with van der Waals surface area (Å²) in [5.74, 6) is 0.0934. The lowest BCUT2D eigenvalue weighted by Crippen LogP contribution is -2.27. The van der Waals surface area contributed by atoms with Crippen molar-refractivity contribution in [2.45, 2.75) is 6.42 Å². The number of carbonyl (C=O) groups excluding carboxylic acids is 2. The molecule has 1 heterocycles. The molecule has 1 fully saturated rings. The van der Waals surface area contributed by atoms with Crippen LogP contribution in [0.5, 0.6) is 11.5 Å². The first kappa shape index (κ1) is 19.2. The largest absolute Gasteiger partial charge is 0.495 e. The van der Waals surface area contributed by atoms with E-state index < -0.39 is 11.9 Å². The maximum Gasteiger partial charge on any atom is 0.311 e. The van der Waals surface area contributed by atoms with E-state index in [-0.39, 0.29) is 32.1 Å². The first-order valence-electron chi connectivity index (χ1n) is 8.85.